The molecule has 0 unspecified atom stereocenters. The van der Waals surface area contributed by atoms with Gasteiger partial charge in [0.25, 0.3) is 5.91 Å². The van der Waals surface area contributed by atoms with Crippen molar-refractivity contribution in [3.8, 4) is 0 Å². The minimum Gasteiger partial charge on any atom is -0.358 e. The molecule has 1 aliphatic rings. The summed E-state index contributed by atoms with van der Waals surface area (Å²) in [5, 5.41) is 0. The molecule has 0 aliphatic carbocycles. The minimum atomic E-state index is -0.0785. The van der Waals surface area contributed by atoms with Crippen LogP contribution >= 0.6 is 0 Å². The quantitative estimate of drug-likeness (QED) is 0.852. The van der Waals surface area contributed by atoms with Gasteiger partial charge in [0.05, 0.1) is 12.4 Å². The van der Waals surface area contributed by atoms with Crippen molar-refractivity contribution in [3.63, 3.8) is 0 Å². The molecule has 5 heteroatoms. The average molecular weight is 310 g/mol. The first-order chi connectivity index (χ1) is 11.2. The predicted octanol–water partition coefficient (Wildman–Crippen LogP) is 2.92. The lowest BCUT2D eigenvalue weighted by Crippen LogP contribution is -2.30. The van der Waals surface area contributed by atoms with Gasteiger partial charge in [-0.1, -0.05) is 31.5 Å². The number of hydrogen-bond acceptors (Lipinski definition) is 4. The van der Waals surface area contributed by atoms with Gasteiger partial charge in [-0.05, 0) is 24.5 Å². The number of nitrogens with zero attached hydrogens (tertiary/aromatic N) is 4. The van der Waals surface area contributed by atoms with Gasteiger partial charge in [-0.15, -0.1) is 0 Å². The van der Waals surface area contributed by atoms with Gasteiger partial charge in [0, 0.05) is 25.8 Å². The molecule has 2 aromatic rings. The number of fused-ring (bicyclic) bond motifs is 1. The van der Waals surface area contributed by atoms with Crippen LogP contribution in [0, 0.1) is 0 Å². The molecule has 1 amide bonds. The van der Waals surface area contributed by atoms with Crippen LogP contribution in [0.4, 0.5) is 11.5 Å². The lowest BCUT2D eigenvalue weighted by atomic mass is 10.2. The summed E-state index contributed by atoms with van der Waals surface area (Å²) in [5.41, 5.74) is 2.60. The number of anilines is 2. The normalized spacial score (nSPS) is 13.0. The van der Waals surface area contributed by atoms with Crippen LogP contribution in [0.25, 0.3) is 0 Å². The largest absolute Gasteiger partial charge is 0.358 e. The van der Waals surface area contributed by atoms with Gasteiger partial charge < -0.3 is 9.80 Å². The second-order valence-corrected chi connectivity index (χ2v) is 5.87. The first kappa shape index (κ1) is 15.5. The van der Waals surface area contributed by atoms with E-state index in [1.807, 2.05) is 25.2 Å². The first-order valence-electron chi connectivity index (χ1n) is 8.13. The molecule has 0 saturated carbocycles. The lowest BCUT2D eigenvalue weighted by molar-refractivity contribution is 0.0984. The molecule has 23 heavy (non-hydrogen) atoms. The average Bonchev–Trinajstić information content (AvgIpc) is 3.03. The van der Waals surface area contributed by atoms with E-state index in [4.69, 9.17) is 0 Å². The Morgan fingerprint density at radius 3 is 2.83 bits per heavy atom. The smallest absolute Gasteiger partial charge is 0.278 e. The number of para-hydroxylation sites is 1. The Balaban J connectivity index is 1.74. The van der Waals surface area contributed by atoms with Gasteiger partial charge in [0.15, 0.2) is 0 Å². The highest BCUT2D eigenvalue weighted by Crippen LogP contribution is 2.28. The molecule has 0 atom stereocenters. The highest BCUT2D eigenvalue weighted by molar-refractivity contribution is 6.05. The summed E-state index contributed by atoms with van der Waals surface area (Å²) in [4.78, 5) is 25.3. The number of benzene rings is 1. The SMILES string of the molecule is CCCCN(C)c1cnc(C(=O)N2CCc3ccccc32)cn1. The zero-order valence-corrected chi connectivity index (χ0v) is 13.7. The van der Waals surface area contributed by atoms with Crippen molar-refractivity contribution in [1.82, 2.24) is 9.97 Å². The Hall–Kier alpha value is -2.43. The van der Waals surface area contributed by atoms with E-state index in [9.17, 15) is 4.79 Å². The van der Waals surface area contributed by atoms with Gasteiger partial charge in [-0.25, -0.2) is 9.97 Å². The fourth-order valence-electron chi connectivity index (χ4n) is 2.83. The fourth-order valence-corrected chi connectivity index (χ4v) is 2.83. The maximum absolute atomic E-state index is 12.7. The second kappa shape index (κ2) is 6.77. The molecular weight excluding hydrogens is 288 g/mol. The molecule has 0 N–H and O–H groups in total. The number of rotatable bonds is 5. The second-order valence-electron chi connectivity index (χ2n) is 5.87. The Kier molecular flexibility index (Phi) is 4.55. The molecule has 2 heterocycles. The zero-order valence-electron chi connectivity index (χ0n) is 13.7. The summed E-state index contributed by atoms with van der Waals surface area (Å²) in [6, 6.07) is 8.02. The Labute approximate surface area is 137 Å². The molecule has 3 rings (SSSR count). The molecule has 0 radical (unpaired) electrons. The molecule has 0 spiro atoms. The summed E-state index contributed by atoms with van der Waals surface area (Å²) >= 11 is 0. The van der Waals surface area contributed by atoms with Crippen LogP contribution in [0.3, 0.4) is 0 Å². The number of unbranched alkanes of at least 4 members (excludes halogenated alkanes) is 1. The monoisotopic (exact) mass is 310 g/mol. The van der Waals surface area contributed by atoms with Crippen molar-refractivity contribution in [2.24, 2.45) is 0 Å². The van der Waals surface area contributed by atoms with Crippen LogP contribution in [0.1, 0.15) is 35.8 Å². The Morgan fingerprint density at radius 2 is 2.09 bits per heavy atom. The third-order valence-corrected chi connectivity index (χ3v) is 4.23. The van der Waals surface area contributed by atoms with Crippen molar-refractivity contribution in [2.75, 3.05) is 29.9 Å². The third kappa shape index (κ3) is 3.18. The standard InChI is InChI=1S/C18H22N4O/c1-3-4-10-21(2)17-13-19-15(12-20-17)18(23)22-11-9-14-7-5-6-8-16(14)22/h5-8,12-13H,3-4,9-11H2,1-2H3. The lowest BCUT2D eigenvalue weighted by Gasteiger charge is -2.19. The van der Waals surface area contributed by atoms with Crippen LogP contribution in [-0.2, 0) is 6.42 Å². The first-order valence-corrected chi connectivity index (χ1v) is 8.13. The van der Waals surface area contributed by atoms with E-state index in [-0.39, 0.29) is 5.91 Å². The summed E-state index contributed by atoms with van der Waals surface area (Å²) in [7, 11) is 2.00. The van der Waals surface area contributed by atoms with Gasteiger partial charge in [-0.2, -0.15) is 0 Å². The van der Waals surface area contributed by atoms with Crippen LogP contribution in [0.15, 0.2) is 36.7 Å². The van der Waals surface area contributed by atoms with E-state index in [1.165, 1.54) is 5.56 Å². The van der Waals surface area contributed by atoms with E-state index >= 15 is 0 Å². The maximum atomic E-state index is 12.7. The summed E-state index contributed by atoms with van der Waals surface area (Å²) in [6.45, 7) is 3.81. The van der Waals surface area contributed by atoms with Crippen molar-refractivity contribution in [3.05, 3.63) is 47.9 Å². The molecule has 120 valence electrons. The van der Waals surface area contributed by atoms with E-state index in [0.29, 0.717) is 12.2 Å². The molecule has 1 aromatic carbocycles. The number of carbonyl (C=O) groups excluding carboxylic acids is 1. The molecule has 0 fully saturated rings. The van der Waals surface area contributed by atoms with E-state index in [2.05, 4.69) is 27.9 Å². The molecule has 0 saturated heterocycles. The number of hydrogen-bond donors (Lipinski definition) is 0. The van der Waals surface area contributed by atoms with Gasteiger partial charge in [-0.3, -0.25) is 4.79 Å². The van der Waals surface area contributed by atoms with Crippen LogP contribution < -0.4 is 9.80 Å². The van der Waals surface area contributed by atoms with Crippen molar-refractivity contribution in [2.45, 2.75) is 26.2 Å². The number of aromatic nitrogens is 2. The Morgan fingerprint density at radius 1 is 1.26 bits per heavy atom. The summed E-state index contributed by atoms with van der Waals surface area (Å²) in [5.74, 6) is 0.724. The highest BCUT2D eigenvalue weighted by Gasteiger charge is 2.26. The van der Waals surface area contributed by atoms with Crippen molar-refractivity contribution >= 4 is 17.4 Å². The molecule has 1 aromatic heterocycles. The zero-order chi connectivity index (χ0) is 16.2. The van der Waals surface area contributed by atoms with Crippen LogP contribution in [0.2, 0.25) is 0 Å². The topological polar surface area (TPSA) is 49.3 Å². The van der Waals surface area contributed by atoms with E-state index < -0.39 is 0 Å². The minimum absolute atomic E-state index is 0.0785. The highest BCUT2D eigenvalue weighted by atomic mass is 16.2. The van der Waals surface area contributed by atoms with Crippen LogP contribution in [-0.4, -0.2) is 36.0 Å². The van der Waals surface area contributed by atoms with Gasteiger partial charge >= 0.3 is 0 Å². The molecular formula is C18H22N4O. The maximum Gasteiger partial charge on any atom is 0.278 e. The van der Waals surface area contributed by atoms with Gasteiger partial charge in [0.2, 0.25) is 0 Å². The summed E-state index contributed by atoms with van der Waals surface area (Å²) < 4.78 is 0. The van der Waals surface area contributed by atoms with Crippen molar-refractivity contribution in [1.29, 1.82) is 0 Å². The summed E-state index contributed by atoms with van der Waals surface area (Å²) in [6.07, 6.45) is 6.42. The van der Waals surface area contributed by atoms with E-state index in [1.54, 1.807) is 17.3 Å². The molecule has 1 aliphatic heterocycles. The number of carbonyl (C=O) groups is 1. The van der Waals surface area contributed by atoms with Crippen LogP contribution in [0.5, 0.6) is 0 Å². The number of amides is 1. The Bertz CT molecular complexity index is 684. The van der Waals surface area contributed by atoms with Gasteiger partial charge in [0.1, 0.15) is 11.5 Å². The van der Waals surface area contributed by atoms with E-state index in [0.717, 1.165) is 37.3 Å². The molecule has 0 bridgehead atoms. The van der Waals surface area contributed by atoms with Crippen molar-refractivity contribution < 1.29 is 4.79 Å². The fraction of sp³-hybridized carbons (Fsp3) is 0.389. The molecule has 5 nitrogen and oxygen atoms in total. The predicted molar refractivity (Wildman–Crippen MR) is 92.0 cm³/mol. The third-order valence-electron chi connectivity index (χ3n) is 4.23.